The molecule has 1 fully saturated rings. The maximum Gasteiger partial charge on any atom is 0.254 e. The van der Waals surface area contributed by atoms with Crippen molar-refractivity contribution in [1.29, 1.82) is 0 Å². The molecule has 0 radical (unpaired) electrons. The predicted octanol–water partition coefficient (Wildman–Crippen LogP) is 3.59. The van der Waals surface area contributed by atoms with Crippen LogP contribution in [0.2, 0.25) is 0 Å². The van der Waals surface area contributed by atoms with Gasteiger partial charge < -0.3 is 10.0 Å². The lowest BCUT2D eigenvalue weighted by Crippen LogP contribution is -2.63. The molecule has 0 saturated carbocycles. The van der Waals surface area contributed by atoms with Crippen molar-refractivity contribution in [2.24, 2.45) is 0 Å². The van der Waals surface area contributed by atoms with Crippen LogP contribution < -0.4 is 0 Å². The molecule has 1 saturated heterocycles. The van der Waals surface area contributed by atoms with Gasteiger partial charge >= 0.3 is 0 Å². The fourth-order valence-corrected chi connectivity index (χ4v) is 5.56. The van der Waals surface area contributed by atoms with Crippen molar-refractivity contribution in [3.63, 3.8) is 0 Å². The highest BCUT2D eigenvalue weighted by molar-refractivity contribution is 7.90. The van der Waals surface area contributed by atoms with E-state index in [9.17, 15) is 18.3 Å². The molecule has 4 rings (SSSR count). The van der Waals surface area contributed by atoms with Crippen molar-refractivity contribution < 1.29 is 18.3 Å². The lowest BCUT2D eigenvalue weighted by molar-refractivity contribution is -0.0867. The van der Waals surface area contributed by atoms with Gasteiger partial charge in [-0.3, -0.25) is 9.78 Å². The van der Waals surface area contributed by atoms with Gasteiger partial charge in [-0.05, 0) is 36.2 Å². The van der Waals surface area contributed by atoms with Crippen LogP contribution in [0.5, 0.6) is 0 Å². The Morgan fingerprint density at radius 2 is 1.81 bits per heavy atom. The summed E-state index contributed by atoms with van der Waals surface area (Å²) in [5, 5.41) is 11.2. The highest BCUT2D eigenvalue weighted by Crippen LogP contribution is 2.28. The largest absolute Gasteiger partial charge is 0.386 e. The van der Waals surface area contributed by atoms with Crippen molar-refractivity contribution in [2.45, 2.75) is 42.4 Å². The molecule has 0 atom stereocenters. The number of amides is 1. The van der Waals surface area contributed by atoms with Crippen LogP contribution in [-0.2, 0) is 15.6 Å². The Balaban J connectivity index is 1.46. The lowest BCUT2D eigenvalue weighted by atomic mass is 9.88. The zero-order valence-corrected chi connectivity index (χ0v) is 18.3. The Bertz CT molecular complexity index is 1190. The minimum Gasteiger partial charge on any atom is -0.386 e. The van der Waals surface area contributed by atoms with E-state index < -0.39 is 15.4 Å². The standard InChI is InChI=1S/C24H26N2O4S/c1-2-3-13-24(28)16-26(17-24)23(27)20-11-9-18(10-12-20)15-31(29,30)21-8-4-6-19-7-5-14-25-22(19)21/h4-12,14,28H,2-3,13,15-17H2,1H3. The number of pyridine rings is 1. The molecule has 6 nitrogen and oxygen atoms in total. The molecule has 0 spiro atoms. The second-order valence-electron chi connectivity index (χ2n) is 8.28. The van der Waals surface area contributed by atoms with Gasteiger partial charge in [0.25, 0.3) is 5.91 Å². The molecule has 1 aliphatic rings. The molecule has 3 aromatic rings. The van der Waals surface area contributed by atoms with Crippen molar-refractivity contribution in [3.8, 4) is 0 Å². The first-order chi connectivity index (χ1) is 14.8. The maximum atomic E-state index is 13.0. The second-order valence-corrected chi connectivity index (χ2v) is 10.2. The second kappa shape index (κ2) is 8.40. The number of para-hydroxylation sites is 1. The van der Waals surface area contributed by atoms with Gasteiger partial charge in [0, 0.05) is 17.1 Å². The summed E-state index contributed by atoms with van der Waals surface area (Å²) in [4.78, 5) is 18.7. The Labute approximate surface area is 182 Å². The molecule has 2 aromatic carbocycles. The van der Waals surface area contributed by atoms with Crippen LogP contribution in [-0.4, -0.2) is 48.0 Å². The summed E-state index contributed by atoms with van der Waals surface area (Å²) in [6.07, 6.45) is 4.23. The molecule has 0 unspecified atom stereocenters. The summed E-state index contributed by atoms with van der Waals surface area (Å²) in [6.45, 7) is 2.76. The zero-order valence-electron chi connectivity index (χ0n) is 17.5. The van der Waals surface area contributed by atoms with Crippen molar-refractivity contribution in [1.82, 2.24) is 9.88 Å². The Morgan fingerprint density at radius 3 is 2.52 bits per heavy atom. The van der Waals surface area contributed by atoms with Gasteiger partial charge in [-0.25, -0.2) is 8.42 Å². The number of sulfone groups is 1. The van der Waals surface area contributed by atoms with Crippen LogP contribution in [0.3, 0.4) is 0 Å². The van der Waals surface area contributed by atoms with E-state index in [1.54, 1.807) is 53.6 Å². The van der Waals surface area contributed by atoms with Gasteiger partial charge in [0.2, 0.25) is 0 Å². The van der Waals surface area contributed by atoms with Gasteiger partial charge in [-0.1, -0.05) is 50.1 Å². The molecule has 31 heavy (non-hydrogen) atoms. The van der Waals surface area contributed by atoms with Gasteiger partial charge in [0.05, 0.1) is 34.9 Å². The first-order valence-electron chi connectivity index (χ1n) is 10.5. The SMILES string of the molecule is CCCCC1(O)CN(C(=O)c2ccc(CS(=O)(=O)c3cccc4cccnc34)cc2)C1. The monoisotopic (exact) mass is 438 g/mol. The fraction of sp³-hybridized carbons (Fsp3) is 0.333. The summed E-state index contributed by atoms with van der Waals surface area (Å²) in [5.74, 6) is -0.314. The van der Waals surface area contributed by atoms with Crippen LogP contribution in [0.1, 0.15) is 42.1 Å². The average Bonchev–Trinajstić information content (AvgIpc) is 2.75. The van der Waals surface area contributed by atoms with E-state index in [0.717, 1.165) is 18.2 Å². The Morgan fingerprint density at radius 1 is 1.10 bits per heavy atom. The highest BCUT2D eigenvalue weighted by Gasteiger charge is 2.43. The smallest absolute Gasteiger partial charge is 0.254 e. The lowest BCUT2D eigenvalue weighted by Gasteiger charge is -2.46. The molecule has 1 aromatic heterocycles. The first kappa shape index (κ1) is 21.5. The number of nitrogens with zero attached hydrogens (tertiary/aromatic N) is 2. The van der Waals surface area contributed by atoms with Crippen LogP contribution in [0, 0.1) is 0 Å². The minimum absolute atomic E-state index is 0.145. The molecule has 1 amide bonds. The normalized spacial score (nSPS) is 15.6. The third-order valence-electron chi connectivity index (χ3n) is 5.74. The molecular weight excluding hydrogens is 412 g/mol. The van der Waals surface area contributed by atoms with E-state index in [1.165, 1.54) is 0 Å². The zero-order chi connectivity index (χ0) is 22.1. The number of hydrogen-bond acceptors (Lipinski definition) is 5. The van der Waals surface area contributed by atoms with Gasteiger partial charge in [0.1, 0.15) is 0 Å². The topological polar surface area (TPSA) is 87.6 Å². The number of fused-ring (bicyclic) bond motifs is 1. The number of aliphatic hydroxyl groups is 1. The van der Waals surface area contributed by atoms with E-state index in [1.807, 2.05) is 12.1 Å². The molecule has 2 heterocycles. The third kappa shape index (κ3) is 4.48. The number of benzene rings is 2. The minimum atomic E-state index is -3.60. The van der Waals surface area contributed by atoms with E-state index >= 15 is 0 Å². The number of carbonyl (C=O) groups excluding carboxylic acids is 1. The summed E-state index contributed by atoms with van der Waals surface area (Å²) in [5.41, 5.74) is 0.787. The molecular formula is C24H26N2O4S. The van der Waals surface area contributed by atoms with Crippen LogP contribution in [0.15, 0.2) is 65.7 Å². The number of β-amino-alcohol motifs (C(OH)–C–C–N with tert-alkyl or cyclic N) is 1. The molecule has 0 aliphatic carbocycles. The first-order valence-corrected chi connectivity index (χ1v) is 12.1. The molecule has 1 N–H and O–H groups in total. The molecule has 7 heteroatoms. The number of likely N-dealkylation sites (tertiary alicyclic amines) is 1. The Kier molecular flexibility index (Phi) is 5.81. The van der Waals surface area contributed by atoms with E-state index in [-0.39, 0.29) is 16.6 Å². The number of unbranched alkanes of at least 4 members (excludes halogenated alkanes) is 1. The van der Waals surface area contributed by atoms with Gasteiger partial charge in [-0.15, -0.1) is 0 Å². The number of aromatic nitrogens is 1. The summed E-state index contributed by atoms with van der Waals surface area (Å²) in [7, 11) is -3.60. The maximum absolute atomic E-state index is 13.0. The Hall–Kier alpha value is -2.77. The molecule has 162 valence electrons. The van der Waals surface area contributed by atoms with Crippen LogP contribution in [0.4, 0.5) is 0 Å². The summed E-state index contributed by atoms with van der Waals surface area (Å²) < 4.78 is 26.0. The summed E-state index contributed by atoms with van der Waals surface area (Å²) >= 11 is 0. The van der Waals surface area contributed by atoms with Gasteiger partial charge in [-0.2, -0.15) is 0 Å². The quantitative estimate of drug-likeness (QED) is 0.609. The number of hydrogen-bond donors (Lipinski definition) is 1. The highest BCUT2D eigenvalue weighted by atomic mass is 32.2. The van der Waals surface area contributed by atoms with E-state index in [0.29, 0.717) is 36.2 Å². The van der Waals surface area contributed by atoms with E-state index in [4.69, 9.17) is 0 Å². The van der Waals surface area contributed by atoms with Crippen LogP contribution >= 0.6 is 0 Å². The molecule has 0 bridgehead atoms. The number of rotatable bonds is 7. The summed E-state index contributed by atoms with van der Waals surface area (Å²) in [6, 6.07) is 15.4. The van der Waals surface area contributed by atoms with Crippen LogP contribution in [0.25, 0.3) is 10.9 Å². The fourth-order valence-electron chi connectivity index (χ4n) is 4.02. The van der Waals surface area contributed by atoms with Crippen molar-refractivity contribution in [2.75, 3.05) is 13.1 Å². The van der Waals surface area contributed by atoms with E-state index in [2.05, 4.69) is 11.9 Å². The predicted molar refractivity (Wildman–Crippen MR) is 119 cm³/mol. The number of carbonyl (C=O) groups is 1. The van der Waals surface area contributed by atoms with Gasteiger partial charge in [0.15, 0.2) is 9.84 Å². The van der Waals surface area contributed by atoms with Crippen molar-refractivity contribution in [3.05, 3.63) is 71.9 Å². The average molecular weight is 439 g/mol. The molecule has 1 aliphatic heterocycles. The van der Waals surface area contributed by atoms with Crippen molar-refractivity contribution >= 4 is 26.6 Å². The third-order valence-corrected chi connectivity index (χ3v) is 7.45.